The molecule has 0 N–H and O–H groups in total. The summed E-state index contributed by atoms with van der Waals surface area (Å²) in [6, 6.07) is 14.0. The fourth-order valence-corrected chi connectivity index (χ4v) is 2.32. The van der Waals surface area contributed by atoms with Gasteiger partial charge in [0.1, 0.15) is 6.66 Å². The van der Waals surface area contributed by atoms with Crippen LogP contribution in [-0.2, 0) is 4.57 Å². The summed E-state index contributed by atoms with van der Waals surface area (Å²) in [5.74, 6) is 0. The maximum atomic E-state index is 11.4. The first-order valence-electron chi connectivity index (χ1n) is 4.17. The molecule has 2 aromatic rings. The Bertz CT molecular complexity index is 457. The summed E-state index contributed by atoms with van der Waals surface area (Å²) >= 11 is 0. The van der Waals surface area contributed by atoms with Gasteiger partial charge in [-0.3, -0.25) is 0 Å². The summed E-state index contributed by atoms with van der Waals surface area (Å²) in [4.78, 5) is 0. The molecule has 0 aliphatic carbocycles. The fourth-order valence-electron chi connectivity index (χ4n) is 1.48. The monoisotopic (exact) mass is 189 g/mol. The Morgan fingerprint density at radius 3 is 2.46 bits per heavy atom. The molecule has 0 radical (unpaired) electrons. The molecule has 0 aliphatic heterocycles. The van der Waals surface area contributed by atoms with Crippen LogP contribution in [0.25, 0.3) is 10.8 Å². The van der Waals surface area contributed by atoms with E-state index in [9.17, 15) is 4.57 Å². The molecule has 1 nitrogen and oxygen atoms in total. The predicted molar refractivity (Wildman–Crippen MR) is 57.1 cm³/mol. The lowest BCUT2D eigenvalue weighted by molar-refractivity contribution is 0.596. The van der Waals surface area contributed by atoms with Gasteiger partial charge >= 0.3 is 7.80 Å². The number of rotatable bonds is 1. The van der Waals surface area contributed by atoms with Crippen molar-refractivity contribution in [1.29, 1.82) is 0 Å². The molecule has 2 aromatic carbocycles. The minimum atomic E-state index is -1.25. The van der Waals surface area contributed by atoms with Gasteiger partial charge in [-0.05, 0) is 17.5 Å². The first-order valence-corrected chi connectivity index (χ1v) is 5.88. The van der Waals surface area contributed by atoms with Crippen LogP contribution in [0.1, 0.15) is 0 Å². The molecule has 0 fully saturated rings. The number of hydrogen-bond donors (Lipinski definition) is 0. The van der Waals surface area contributed by atoms with Gasteiger partial charge in [-0.15, -0.1) is 0 Å². The molecule has 1 unspecified atom stereocenters. The molecule has 0 spiro atoms. The van der Waals surface area contributed by atoms with E-state index in [2.05, 4.69) is 0 Å². The standard InChI is InChI=1S/C11H10OP/c1-13(12)11-8-4-6-9-5-2-3-7-10(9)11/h2-8H,1H3/q+1. The topological polar surface area (TPSA) is 17.1 Å². The summed E-state index contributed by atoms with van der Waals surface area (Å²) < 4.78 is 11.4. The maximum Gasteiger partial charge on any atom is 0.374 e. The van der Waals surface area contributed by atoms with Crippen LogP contribution in [-0.4, -0.2) is 6.66 Å². The highest BCUT2D eigenvalue weighted by Gasteiger charge is 2.14. The van der Waals surface area contributed by atoms with Gasteiger partial charge in [0.2, 0.25) is 0 Å². The number of fused-ring (bicyclic) bond motifs is 1. The largest absolute Gasteiger partial charge is 0.374 e. The Morgan fingerprint density at radius 1 is 1.00 bits per heavy atom. The highest BCUT2D eigenvalue weighted by molar-refractivity contribution is 7.53. The van der Waals surface area contributed by atoms with E-state index < -0.39 is 7.80 Å². The van der Waals surface area contributed by atoms with Crippen molar-refractivity contribution in [2.24, 2.45) is 0 Å². The molecule has 0 amide bonds. The van der Waals surface area contributed by atoms with Gasteiger partial charge in [-0.25, -0.2) is 0 Å². The molecule has 1 atom stereocenters. The van der Waals surface area contributed by atoms with Crippen LogP contribution in [0.15, 0.2) is 42.5 Å². The minimum Gasteiger partial charge on any atom is -0.0684 e. The quantitative estimate of drug-likeness (QED) is 0.630. The van der Waals surface area contributed by atoms with E-state index in [1.54, 1.807) is 6.66 Å². The van der Waals surface area contributed by atoms with Crippen molar-refractivity contribution in [2.45, 2.75) is 0 Å². The average Bonchev–Trinajstić information content (AvgIpc) is 2.17. The molecule has 0 aromatic heterocycles. The summed E-state index contributed by atoms with van der Waals surface area (Å²) in [6.07, 6.45) is 0. The van der Waals surface area contributed by atoms with Gasteiger partial charge in [-0.2, -0.15) is 0 Å². The van der Waals surface area contributed by atoms with Gasteiger partial charge in [0.25, 0.3) is 0 Å². The van der Waals surface area contributed by atoms with E-state index in [-0.39, 0.29) is 0 Å². The molecular weight excluding hydrogens is 179 g/mol. The van der Waals surface area contributed by atoms with Crippen molar-refractivity contribution in [1.82, 2.24) is 0 Å². The van der Waals surface area contributed by atoms with Crippen molar-refractivity contribution in [3.63, 3.8) is 0 Å². The van der Waals surface area contributed by atoms with Crippen molar-refractivity contribution in [3.8, 4) is 0 Å². The van der Waals surface area contributed by atoms with Crippen LogP contribution in [0.4, 0.5) is 0 Å². The van der Waals surface area contributed by atoms with Crippen molar-refractivity contribution in [2.75, 3.05) is 6.66 Å². The molecule has 64 valence electrons. The van der Waals surface area contributed by atoms with E-state index in [0.717, 1.165) is 16.1 Å². The summed E-state index contributed by atoms with van der Waals surface area (Å²) in [6.45, 7) is 1.75. The summed E-state index contributed by atoms with van der Waals surface area (Å²) in [5, 5.41) is 3.21. The number of benzene rings is 2. The lowest BCUT2D eigenvalue weighted by Crippen LogP contribution is -1.96. The van der Waals surface area contributed by atoms with Crippen LogP contribution in [0, 0.1) is 0 Å². The van der Waals surface area contributed by atoms with Gasteiger partial charge in [-0.1, -0.05) is 34.9 Å². The third-order valence-corrected chi connectivity index (χ3v) is 3.17. The zero-order chi connectivity index (χ0) is 9.26. The Hall–Kier alpha value is -1.20. The van der Waals surface area contributed by atoms with E-state index in [4.69, 9.17) is 0 Å². The van der Waals surface area contributed by atoms with Crippen molar-refractivity contribution >= 4 is 23.9 Å². The molecule has 0 aliphatic rings. The Morgan fingerprint density at radius 2 is 1.69 bits per heavy atom. The SMILES string of the molecule is C[P+](=O)c1cccc2ccccc12. The molecular formula is C11H10OP+. The second-order valence-electron chi connectivity index (χ2n) is 3.00. The minimum absolute atomic E-state index is 0.952. The van der Waals surface area contributed by atoms with Crippen molar-refractivity contribution in [3.05, 3.63) is 42.5 Å². The van der Waals surface area contributed by atoms with Gasteiger partial charge < -0.3 is 0 Å². The van der Waals surface area contributed by atoms with Crippen LogP contribution in [0.3, 0.4) is 0 Å². The van der Waals surface area contributed by atoms with Gasteiger partial charge in [0.05, 0.1) is 0 Å². The lowest BCUT2D eigenvalue weighted by Gasteiger charge is -1.95. The third kappa shape index (κ3) is 1.48. The van der Waals surface area contributed by atoms with E-state index >= 15 is 0 Å². The highest BCUT2D eigenvalue weighted by atomic mass is 31.1. The second-order valence-corrected chi connectivity index (χ2v) is 4.47. The zero-order valence-electron chi connectivity index (χ0n) is 7.40. The van der Waals surface area contributed by atoms with E-state index in [0.29, 0.717) is 0 Å². The van der Waals surface area contributed by atoms with Crippen LogP contribution >= 0.6 is 7.80 Å². The summed E-state index contributed by atoms with van der Waals surface area (Å²) in [5.41, 5.74) is 0. The fraction of sp³-hybridized carbons (Fsp3) is 0.0909. The Kier molecular flexibility index (Phi) is 2.12. The molecule has 2 rings (SSSR count). The van der Waals surface area contributed by atoms with Crippen LogP contribution in [0.2, 0.25) is 0 Å². The average molecular weight is 189 g/mol. The van der Waals surface area contributed by atoms with Crippen LogP contribution < -0.4 is 5.30 Å². The van der Waals surface area contributed by atoms with Gasteiger partial charge in [0, 0.05) is 5.39 Å². The molecule has 0 saturated carbocycles. The lowest BCUT2D eigenvalue weighted by atomic mass is 10.1. The highest BCUT2D eigenvalue weighted by Crippen LogP contribution is 2.21. The molecule has 0 saturated heterocycles. The third-order valence-electron chi connectivity index (χ3n) is 2.11. The van der Waals surface area contributed by atoms with Crippen LogP contribution in [0.5, 0.6) is 0 Å². The molecule has 13 heavy (non-hydrogen) atoms. The first kappa shape index (κ1) is 8.40. The summed E-state index contributed by atoms with van der Waals surface area (Å²) in [7, 11) is -1.25. The zero-order valence-corrected chi connectivity index (χ0v) is 8.29. The Labute approximate surface area is 78.2 Å². The first-order chi connectivity index (χ1) is 6.29. The smallest absolute Gasteiger partial charge is 0.0684 e. The van der Waals surface area contributed by atoms with E-state index in [1.165, 1.54) is 0 Å². The Balaban J connectivity index is 2.83. The molecule has 2 heteroatoms. The normalized spacial score (nSPS) is 11.6. The van der Waals surface area contributed by atoms with Gasteiger partial charge in [0.15, 0.2) is 5.30 Å². The maximum absolute atomic E-state index is 11.4. The number of hydrogen-bond acceptors (Lipinski definition) is 1. The second kappa shape index (κ2) is 3.27. The molecule has 0 heterocycles. The van der Waals surface area contributed by atoms with E-state index in [1.807, 2.05) is 42.5 Å². The molecule has 0 bridgehead atoms. The predicted octanol–water partition coefficient (Wildman–Crippen LogP) is 2.92. The van der Waals surface area contributed by atoms with Crippen molar-refractivity contribution < 1.29 is 4.57 Å².